The Hall–Kier alpha value is -0.620. The molecule has 0 bridgehead atoms. The van der Waals surface area contributed by atoms with Crippen LogP contribution in [0.2, 0.25) is 0 Å². The average Bonchev–Trinajstić information content (AvgIpc) is 2.57. The lowest BCUT2D eigenvalue weighted by molar-refractivity contribution is -0.130. The van der Waals surface area contributed by atoms with E-state index in [9.17, 15) is 13.2 Å². The zero-order valence-corrected chi connectivity index (χ0v) is 12.0. The molecule has 2 aliphatic rings. The van der Waals surface area contributed by atoms with Crippen molar-refractivity contribution >= 4 is 15.7 Å². The van der Waals surface area contributed by atoms with E-state index in [-0.39, 0.29) is 17.2 Å². The third-order valence-corrected chi connectivity index (χ3v) is 5.38. The highest BCUT2D eigenvalue weighted by atomic mass is 32.2. The van der Waals surface area contributed by atoms with E-state index in [4.69, 9.17) is 0 Å². The fourth-order valence-corrected chi connectivity index (χ4v) is 3.60. The van der Waals surface area contributed by atoms with Crippen molar-refractivity contribution in [3.63, 3.8) is 0 Å². The van der Waals surface area contributed by atoms with Gasteiger partial charge in [0, 0.05) is 44.9 Å². The standard InChI is InChI=1S/C12H22N2O3S/c1-13-11(15)3-4-12(13)5-7-14(8-6-12)9-10-18(2,16)17/h3-10H2,1-2H3. The third-order valence-electron chi connectivity index (χ3n) is 4.45. The van der Waals surface area contributed by atoms with E-state index in [1.54, 1.807) is 0 Å². The fraction of sp³-hybridized carbons (Fsp3) is 0.917. The van der Waals surface area contributed by atoms with Gasteiger partial charge in [-0.2, -0.15) is 0 Å². The molecule has 1 amide bonds. The van der Waals surface area contributed by atoms with Gasteiger partial charge in [0.05, 0.1) is 5.75 Å². The molecule has 0 atom stereocenters. The molecule has 104 valence electrons. The van der Waals surface area contributed by atoms with Crippen LogP contribution in [-0.2, 0) is 14.6 Å². The second-order valence-corrected chi connectivity index (χ2v) is 7.91. The summed E-state index contributed by atoms with van der Waals surface area (Å²) in [7, 11) is -0.973. The van der Waals surface area contributed by atoms with Gasteiger partial charge in [0.15, 0.2) is 0 Å². The summed E-state index contributed by atoms with van der Waals surface area (Å²) in [4.78, 5) is 15.7. The molecule has 18 heavy (non-hydrogen) atoms. The minimum absolute atomic E-state index is 0.0542. The smallest absolute Gasteiger partial charge is 0.222 e. The Morgan fingerprint density at radius 3 is 2.28 bits per heavy atom. The number of rotatable bonds is 3. The molecule has 0 aromatic carbocycles. The molecule has 0 aliphatic carbocycles. The molecule has 5 nitrogen and oxygen atoms in total. The minimum atomic E-state index is -2.88. The maximum Gasteiger partial charge on any atom is 0.222 e. The van der Waals surface area contributed by atoms with Gasteiger partial charge in [0.25, 0.3) is 0 Å². The quantitative estimate of drug-likeness (QED) is 0.733. The third kappa shape index (κ3) is 2.85. The minimum Gasteiger partial charge on any atom is -0.340 e. The van der Waals surface area contributed by atoms with Crippen LogP contribution >= 0.6 is 0 Å². The van der Waals surface area contributed by atoms with Crippen molar-refractivity contribution in [1.29, 1.82) is 0 Å². The van der Waals surface area contributed by atoms with Crippen LogP contribution in [0.3, 0.4) is 0 Å². The molecule has 0 radical (unpaired) electrons. The van der Waals surface area contributed by atoms with Crippen molar-refractivity contribution < 1.29 is 13.2 Å². The first kappa shape index (κ1) is 13.8. The number of amides is 1. The average molecular weight is 274 g/mol. The van der Waals surface area contributed by atoms with E-state index >= 15 is 0 Å². The largest absolute Gasteiger partial charge is 0.340 e. The van der Waals surface area contributed by atoms with Gasteiger partial charge in [-0.15, -0.1) is 0 Å². The van der Waals surface area contributed by atoms with Crippen molar-refractivity contribution in [3.05, 3.63) is 0 Å². The highest BCUT2D eigenvalue weighted by Crippen LogP contribution is 2.37. The molecule has 0 unspecified atom stereocenters. The maximum absolute atomic E-state index is 11.6. The number of piperidine rings is 1. The first-order valence-electron chi connectivity index (χ1n) is 6.49. The molecular formula is C12H22N2O3S. The van der Waals surface area contributed by atoms with Crippen molar-refractivity contribution in [3.8, 4) is 0 Å². The topological polar surface area (TPSA) is 57.7 Å². The Morgan fingerprint density at radius 1 is 1.22 bits per heavy atom. The Labute approximate surface area is 109 Å². The lowest BCUT2D eigenvalue weighted by Crippen LogP contribution is -2.52. The summed E-state index contributed by atoms with van der Waals surface area (Å²) in [6.45, 7) is 2.41. The van der Waals surface area contributed by atoms with Gasteiger partial charge in [-0.25, -0.2) is 8.42 Å². The molecule has 0 aromatic rings. The molecule has 0 saturated carbocycles. The van der Waals surface area contributed by atoms with Crippen molar-refractivity contribution in [2.75, 3.05) is 38.7 Å². The van der Waals surface area contributed by atoms with E-state index in [2.05, 4.69) is 4.90 Å². The summed E-state index contributed by atoms with van der Waals surface area (Å²) in [6.07, 6.45) is 4.85. The molecule has 2 rings (SSSR count). The summed E-state index contributed by atoms with van der Waals surface area (Å²) in [5.41, 5.74) is 0.0542. The Kier molecular flexibility index (Phi) is 3.69. The number of carbonyl (C=O) groups is 1. The van der Waals surface area contributed by atoms with Crippen LogP contribution in [0.5, 0.6) is 0 Å². The normalized spacial score (nSPS) is 25.0. The molecule has 0 aromatic heterocycles. The van der Waals surface area contributed by atoms with Crippen LogP contribution < -0.4 is 0 Å². The van der Waals surface area contributed by atoms with Gasteiger partial charge < -0.3 is 9.80 Å². The molecule has 2 fully saturated rings. The summed E-state index contributed by atoms with van der Waals surface area (Å²) < 4.78 is 22.3. The van der Waals surface area contributed by atoms with Crippen molar-refractivity contribution in [2.45, 2.75) is 31.2 Å². The Morgan fingerprint density at radius 2 is 1.83 bits per heavy atom. The molecular weight excluding hydrogens is 252 g/mol. The molecule has 2 aliphatic heterocycles. The lowest BCUT2D eigenvalue weighted by Gasteiger charge is -2.43. The van der Waals surface area contributed by atoms with Gasteiger partial charge in [0.1, 0.15) is 9.84 Å². The highest BCUT2D eigenvalue weighted by molar-refractivity contribution is 7.90. The van der Waals surface area contributed by atoms with Gasteiger partial charge in [0.2, 0.25) is 5.91 Å². The number of hydrogen-bond acceptors (Lipinski definition) is 4. The van der Waals surface area contributed by atoms with E-state index in [0.717, 1.165) is 32.4 Å². The zero-order valence-electron chi connectivity index (χ0n) is 11.2. The van der Waals surface area contributed by atoms with Gasteiger partial charge in [-0.3, -0.25) is 4.79 Å². The van der Waals surface area contributed by atoms with Crippen molar-refractivity contribution in [2.24, 2.45) is 0 Å². The number of nitrogens with zero attached hydrogens (tertiary/aromatic N) is 2. The molecule has 2 heterocycles. The van der Waals surface area contributed by atoms with Crippen LogP contribution in [0, 0.1) is 0 Å². The first-order chi connectivity index (χ1) is 8.32. The Bertz CT molecular complexity index is 425. The predicted octanol–water partition coefficient (Wildman–Crippen LogP) is 0.118. The molecule has 6 heteroatoms. The number of carbonyl (C=O) groups excluding carboxylic acids is 1. The van der Waals surface area contributed by atoms with Crippen molar-refractivity contribution in [1.82, 2.24) is 9.80 Å². The summed E-state index contributed by atoms with van der Waals surface area (Å²) in [6, 6.07) is 0. The number of sulfone groups is 1. The first-order valence-corrected chi connectivity index (χ1v) is 8.55. The van der Waals surface area contributed by atoms with Gasteiger partial charge in [-0.1, -0.05) is 0 Å². The van der Waals surface area contributed by atoms with Crippen LogP contribution in [0.15, 0.2) is 0 Å². The monoisotopic (exact) mass is 274 g/mol. The van der Waals surface area contributed by atoms with Crippen LogP contribution in [0.1, 0.15) is 25.7 Å². The zero-order chi connectivity index (χ0) is 13.4. The second kappa shape index (κ2) is 4.81. The van der Waals surface area contributed by atoms with E-state index in [1.807, 2.05) is 11.9 Å². The predicted molar refractivity (Wildman–Crippen MR) is 70.1 cm³/mol. The molecule has 0 N–H and O–H groups in total. The summed E-state index contributed by atoms with van der Waals surface area (Å²) in [5.74, 6) is 0.481. The number of hydrogen-bond donors (Lipinski definition) is 0. The molecule has 1 spiro atoms. The van der Waals surface area contributed by atoms with Crippen LogP contribution in [-0.4, -0.2) is 68.4 Å². The molecule has 2 saturated heterocycles. The van der Waals surface area contributed by atoms with Gasteiger partial charge >= 0.3 is 0 Å². The summed E-state index contributed by atoms with van der Waals surface area (Å²) in [5, 5.41) is 0. The summed E-state index contributed by atoms with van der Waals surface area (Å²) >= 11 is 0. The van der Waals surface area contributed by atoms with E-state index in [0.29, 0.717) is 13.0 Å². The van der Waals surface area contributed by atoms with Crippen LogP contribution in [0.4, 0.5) is 0 Å². The maximum atomic E-state index is 11.6. The van der Waals surface area contributed by atoms with Gasteiger partial charge in [-0.05, 0) is 19.3 Å². The van der Waals surface area contributed by atoms with E-state index in [1.165, 1.54) is 6.26 Å². The fourth-order valence-electron chi connectivity index (χ4n) is 3.01. The SMILES string of the molecule is CN1C(=O)CCC12CCN(CCS(C)(=O)=O)CC2. The lowest BCUT2D eigenvalue weighted by atomic mass is 9.85. The van der Waals surface area contributed by atoms with E-state index < -0.39 is 9.84 Å². The Balaban J connectivity index is 1.87. The number of likely N-dealkylation sites (tertiary alicyclic amines) is 2. The second-order valence-electron chi connectivity index (χ2n) is 5.65. The highest BCUT2D eigenvalue weighted by Gasteiger charge is 2.44. The van der Waals surface area contributed by atoms with Crippen LogP contribution in [0.25, 0.3) is 0 Å².